The molecule has 1 rings (SSSR count). The minimum atomic E-state index is -1.10. The summed E-state index contributed by atoms with van der Waals surface area (Å²) < 4.78 is 9.91. The first-order valence-electron chi connectivity index (χ1n) is 5.98. The van der Waals surface area contributed by atoms with Gasteiger partial charge in [-0.3, -0.25) is 0 Å². The van der Waals surface area contributed by atoms with Crippen LogP contribution in [0.25, 0.3) is 0 Å². The summed E-state index contributed by atoms with van der Waals surface area (Å²) in [7, 11) is 1.29. The number of carbonyl (C=O) groups excluding carboxylic acids is 1. The van der Waals surface area contributed by atoms with Crippen LogP contribution in [0.1, 0.15) is 12.8 Å². The highest BCUT2D eigenvalue weighted by Gasteiger charge is 2.18. The average molecular weight is 260 g/mol. The quantitative estimate of drug-likeness (QED) is 0.615. The van der Waals surface area contributed by atoms with Crippen molar-refractivity contribution in [3.05, 3.63) is 0 Å². The molecule has 3 N–H and O–H groups in total. The lowest BCUT2D eigenvalue weighted by atomic mass is 10.0. The molecule has 0 saturated carbocycles. The Kier molecular flexibility index (Phi) is 6.45. The fraction of sp³-hybridized carbons (Fsp3) is 0.818. The molecule has 1 aliphatic rings. The summed E-state index contributed by atoms with van der Waals surface area (Å²) in [5.41, 5.74) is 0. The van der Waals surface area contributed by atoms with Crippen LogP contribution in [0, 0.1) is 5.92 Å². The number of aliphatic carboxylic acids is 1. The van der Waals surface area contributed by atoms with Crippen molar-refractivity contribution < 1.29 is 24.2 Å². The topological polar surface area (TPSA) is 96.9 Å². The Balaban J connectivity index is 2.14. The molecule has 7 nitrogen and oxygen atoms in total. The van der Waals surface area contributed by atoms with Crippen molar-refractivity contribution in [2.75, 3.05) is 33.4 Å². The zero-order valence-electron chi connectivity index (χ0n) is 10.5. The van der Waals surface area contributed by atoms with Gasteiger partial charge in [0.2, 0.25) is 0 Å². The molecular weight excluding hydrogens is 240 g/mol. The lowest BCUT2D eigenvalue weighted by molar-refractivity contribution is -0.147. The standard InChI is InChI=1S/C11H20N2O5/c1-17-9(10(14)15)7-13-11(16)12-6-8-2-4-18-5-3-8/h8-9H,2-7H2,1H3,(H,14,15)(H2,12,13,16). The number of ether oxygens (including phenoxy) is 2. The Morgan fingerprint density at radius 2 is 2.06 bits per heavy atom. The van der Waals surface area contributed by atoms with Crippen LogP contribution in [0.15, 0.2) is 0 Å². The van der Waals surface area contributed by atoms with Gasteiger partial charge in [0.05, 0.1) is 6.54 Å². The van der Waals surface area contributed by atoms with E-state index in [2.05, 4.69) is 10.6 Å². The molecule has 7 heteroatoms. The lowest BCUT2D eigenvalue weighted by Gasteiger charge is -2.22. The van der Waals surface area contributed by atoms with Crippen molar-refractivity contribution >= 4 is 12.0 Å². The molecule has 1 aliphatic heterocycles. The first kappa shape index (κ1) is 14.7. The number of nitrogens with one attached hydrogen (secondary N) is 2. The second kappa shape index (κ2) is 7.88. The van der Waals surface area contributed by atoms with Gasteiger partial charge in [0.1, 0.15) is 0 Å². The van der Waals surface area contributed by atoms with Gasteiger partial charge in [0, 0.05) is 26.9 Å². The highest BCUT2D eigenvalue weighted by molar-refractivity contribution is 5.76. The van der Waals surface area contributed by atoms with Crippen molar-refractivity contribution in [3.63, 3.8) is 0 Å². The molecule has 1 heterocycles. The fourth-order valence-electron chi connectivity index (χ4n) is 1.71. The molecule has 1 atom stereocenters. The molecule has 0 aromatic rings. The first-order chi connectivity index (χ1) is 8.63. The summed E-state index contributed by atoms with van der Waals surface area (Å²) in [6.45, 7) is 2.00. The van der Waals surface area contributed by atoms with Gasteiger partial charge in [-0.2, -0.15) is 0 Å². The Bertz CT molecular complexity index is 279. The van der Waals surface area contributed by atoms with Crippen molar-refractivity contribution in [1.29, 1.82) is 0 Å². The molecule has 1 fully saturated rings. The van der Waals surface area contributed by atoms with Crippen LogP contribution in [0.5, 0.6) is 0 Å². The number of amides is 2. The van der Waals surface area contributed by atoms with Gasteiger partial charge in [0.25, 0.3) is 0 Å². The second-order valence-corrected chi connectivity index (χ2v) is 4.21. The maximum absolute atomic E-state index is 11.4. The van der Waals surface area contributed by atoms with Crippen molar-refractivity contribution in [3.8, 4) is 0 Å². The zero-order valence-corrected chi connectivity index (χ0v) is 10.5. The molecule has 104 valence electrons. The van der Waals surface area contributed by atoms with Gasteiger partial charge >= 0.3 is 12.0 Å². The van der Waals surface area contributed by atoms with E-state index in [1.54, 1.807) is 0 Å². The van der Waals surface area contributed by atoms with E-state index in [9.17, 15) is 9.59 Å². The van der Waals surface area contributed by atoms with Gasteiger partial charge in [-0.1, -0.05) is 0 Å². The van der Waals surface area contributed by atoms with Crippen molar-refractivity contribution in [2.24, 2.45) is 5.92 Å². The van der Waals surface area contributed by atoms with E-state index in [4.69, 9.17) is 14.6 Å². The molecule has 0 aromatic carbocycles. The largest absolute Gasteiger partial charge is 0.479 e. The molecule has 2 amide bonds. The molecule has 1 saturated heterocycles. The number of hydrogen-bond acceptors (Lipinski definition) is 4. The highest BCUT2D eigenvalue weighted by atomic mass is 16.5. The van der Waals surface area contributed by atoms with Crippen LogP contribution in [0.3, 0.4) is 0 Å². The van der Waals surface area contributed by atoms with Crippen LogP contribution >= 0.6 is 0 Å². The predicted octanol–water partition coefficient (Wildman–Crippen LogP) is -0.188. The Labute approximate surface area is 106 Å². The SMILES string of the molecule is COC(CNC(=O)NCC1CCOCC1)C(=O)O. The summed E-state index contributed by atoms with van der Waals surface area (Å²) in [5.74, 6) is -0.663. The smallest absolute Gasteiger partial charge is 0.334 e. The number of methoxy groups -OCH3 is 1. The number of carboxylic acid groups (broad SMARTS) is 1. The number of carbonyl (C=O) groups is 2. The van der Waals surface area contributed by atoms with E-state index in [1.165, 1.54) is 7.11 Å². The van der Waals surface area contributed by atoms with E-state index in [0.717, 1.165) is 26.1 Å². The van der Waals surface area contributed by atoms with Gasteiger partial charge in [-0.25, -0.2) is 9.59 Å². The van der Waals surface area contributed by atoms with Gasteiger partial charge < -0.3 is 25.2 Å². The fourth-order valence-corrected chi connectivity index (χ4v) is 1.71. The summed E-state index contributed by atoms with van der Waals surface area (Å²) in [6.07, 6.45) is 0.866. The van der Waals surface area contributed by atoms with Crippen LogP contribution < -0.4 is 10.6 Å². The molecule has 0 aromatic heterocycles. The first-order valence-corrected chi connectivity index (χ1v) is 5.98. The van der Waals surface area contributed by atoms with E-state index in [-0.39, 0.29) is 12.6 Å². The normalized spacial score (nSPS) is 18.1. The van der Waals surface area contributed by atoms with E-state index < -0.39 is 12.1 Å². The minimum absolute atomic E-state index is 0.0502. The third-order valence-electron chi connectivity index (χ3n) is 2.90. The number of hydrogen-bond donors (Lipinski definition) is 3. The predicted molar refractivity (Wildman–Crippen MR) is 63.4 cm³/mol. The van der Waals surface area contributed by atoms with Gasteiger partial charge in [0.15, 0.2) is 6.10 Å². The maximum atomic E-state index is 11.4. The molecule has 0 radical (unpaired) electrons. The van der Waals surface area contributed by atoms with Gasteiger partial charge in [-0.05, 0) is 18.8 Å². The molecule has 1 unspecified atom stereocenters. The number of urea groups is 1. The van der Waals surface area contributed by atoms with E-state index >= 15 is 0 Å². The average Bonchev–Trinajstić information content (AvgIpc) is 2.38. The Hall–Kier alpha value is -1.34. The Morgan fingerprint density at radius 3 is 2.61 bits per heavy atom. The second-order valence-electron chi connectivity index (χ2n) is 4.21. The molecule has 18 heavy (non-hydrogen) atoms. The molecule has 0 spiro atoms. The van der Waals surface area contributed by atoms with Crippen LogP contribution in [0.2, 0.25) is 0 Å². The van der Waals surface area contributed by atoms with Crippen molar-refractivity contribution in [2.45, 2.75) is 18.9 Å². The molecule has 0 bridgehead atoms. The highest BCUT2D eigenvalue weighted by Crippen LogP contribution is 2.12. The van der Waals surface area contributed by atoms with Crippen LogP contribution in [-0.4, -0.2) is 56.6 Å². The Morgan fingerprint density at radius 1 is 1.39 bits per heavy atom. The lowest BCUT2D eigenvalue weighted by Crippen LogP contribution is -2.44. The maximum Gasteiger partial charge on any atom is 0.334 e. The van der Waals surface area contributed by atoms with Gasteiger partial charge in [-0.15, -0.1) is 0 Å². The summed E-state index contributed by atoms with van der Waals surface area (Å²) in [6, 6.07) is -0.371. The van der Waals surface area contributed by atoms with Crippen LogP contribution in [0.4, 0.5) is 4.79 Å². The monoisotopic (exact) mass is 260 g/mol. The molecule has 0 aliphatic carbocycles. The van der Waals surface area contributed by atoms with E-state index in [1.807, 2.05) is 0 Å². The van der Waals surface area contributed by atoms with Crippen molar-refractivity contribution in [1.82, 2.24) is 10.6 Å². The summed E-state index contributed by atoms with van der Waals surface area (Å²) in [4.78, 5) is 22.1. The number of rotatable bonds is 6. The third kappa shape index (κ3) is 5.33. The van der Waals surface area contributed by atoms with E-state index in [0.29, 0.717) is 12.5 Å². The summed E-state index contributed by atoms with van der Waals surface area (Å²) >= 11 is 0. The zero-order chi connectivity index (χ0) is 13.4. The van der Waals surface area contributed by atoms with Crippen LogP contribution in [-0.2, 0) is 14.3 Å². The number of carboxylic acids is 1. The molecular formula is C11H20N2O5. The summed E-state index contributed by atoms with van der Waals surface area (Å²) in [5, 5.41) is 13.9. The third-order valence-corrected chi connectivity index (χ3v) is 2.90. The minimum Gasteiger partial charge on any atom is -0.479 e.